The summed E-state index contributed by atoms with van der Waals surface area (Å²) in [5, 5.41) is 3.48. The SMILES string of the molecule is c1ccc(CN2CC[C@@H](C3CCNCC3)C2)cc1. The van der Waals surface area contributed by atoms with E-state index in [0.717, 1.165) is 18.4 Å². The molecule has 2 aliphatic rings. The predicted octanol–water partition coefficient (Wildman–Crippen LogP) is 2.51. The van der Waals surface area contributed by atoms with E-state index in [1.54, 1.807) is 0 Å². The van der Waals surface area contributed by atoms with Crippen molar-refractivity contribution in [3.8, 4) is 0 Å². The minimum Gasteiger partial charge on any atom is -0.317 e. The predicted molar refractivity (Wildman–Crippen MR) is 75.4 cm³/mol. The van der Waals surface area contributed by atoms with Crippen LogP contribution in [0.4, 0.5) is 0 Å². The van der Waals surface area contributed by atoms with E-state index in [0.29, 0.717) is 0 Å². The highest BCUT2D eigenvalue weighted by Crippen LogP contribution is 2.30. The Morgan fingerprint density at radius 1 is 1.00 bits per heavy atom. The first-order valence-electron chi connectivity index (χ1n) is 7.39. The number of hydrogen-bond donors (Lipinski definition) is 1. The highest BCUT2D eigenvalue weighted by Gasteiger charge is 2.29. The van der Waals surface area contributed by atoms with Gasteiger partial charge in [0.25, 0.3) is 0 Å². The van der Waals surface area contributed by atoms with Gasteiger partial charge in [-0.3, -0.25) is 4.90 Å². The lowest BCUT2D eigenvalue weighted by Gasteiger charge is -2.28. The first-order chi connectivity index (χ1) is 8.92. The number of likely N-dealkylation sites (tertiary alicyclic amines) is 1. The average molecular weight is 244 g/mol. The zero-order valence-electron chi connectivity index (χ0n) is 11.1. The third-order valence-electron chi connectivity index (χ3n) is 4.61. The monoisotopic (exact) mass is 244 g/mol. The molecule has 18 heavy (non-hydrogen) atoms. The van der Waals surface area contributed by atoms with Gasteiger partial charge in [0, 0.05) is 13.1 Å². The third-order valence-corrected chi connectivity index (χ3v) is 4.61. The second-order valence-electron chi connectivity index (χ2n) is 5.86. The summed E-state index contributed by atoms with van der Waals surface area (Å²) < 4.78 is 0. The topological polar surface area (TPSA) is 15.3 Å². The van der Waals surface area contributed by atoms with E-state index in [1.807, 2.05) is 0 Å². The summed E-state index contributed by atoms with van der Waals surface area (Å²) in [5.41, 5.74) is 1.46. The van der Waals surface area contributed by atoms with Crippen molar-refractivity contribution in [1.29, 1.82) is 0 Å². The van der Waals surface area contributed by atoms with Crippen LogP contribution in [-0.4, -0.2) is 31.1 Å². The van der Waals surface area contributed by atoms with Gasteiger partial charge in [-0.25, -0.2) is 0 Å². The molecular formula is C16H24N2. The average Bonchev–Trinajstić information content (AvgIpc) is 2.89. The first-order valence-corrected chi connectivity index (χ1v) is 7.39. The van der Waals surface area contributed by atoms with Crippen molar-refractivity contribution in [1.82, 2.24) is 10.2 Å². The minimum atomic E-state index is 0.954. The Bertz CT molecular complexity index is 357. The highest BCUT2D eigenvalue weighted by molar-refractivity contribution is 5.14. The van der Waals surface area contributed by atoms with Crippen LogP contribution in [0.1, 0.15) is 24.8 Å². The van der Waals surface area contributed by atoms with E-state index in [4.69, 9.17) is 0 Å². The Balaban J connectivity index is 1.52. The number of nitrogens with zero attached hydrogens (tertiary/aromatic N) is 1. The molecule has 1 N–H and O–H groups in total. The van der Waals surface area contributed by atoms with Crippen LogP contribution in [0.25, 0.3) is 0 Å². The van der Waals surface area contributed by atoms with E-state index in [-0.39, 0.29) is 0 Å². The molecule has 2 aliphatic heterocycles. The van der Waals surface area contributed by atoms with Crippen molar-refractivity contribution in [2.45, 2.75) is 25.8 Å². The summed E-state index contributed by atoms with van der Waals surface area (Å²) in [5.74, 6) is 1.93. The molecule has 2 heterocycles. The lowest BCUT2D eigenvalue weighted by molar-refractivity contribution is 0.242. The number of hydrogen-bond acceptors (Lipinski definition) is 2. The minimum absolute atomic E-state index is 0.954. The molecule has 98 valence electrons. The molecule has 2 heteroatoms. The Labute approximate surface area is 110 Å². The smallest absolute Gasteiger partial charge is 0.0233 e. The van der Waals surface area contributed by atoms with E-state index < -0.39 is 0 Å². The molecule has 0 saturated carbocycles. The standard InChI is InChI=1S/C16H24N2/c1-2-4-14(5-3-1)12-18-11-8-16(13-18)15-6-9-17-10-7-15/h1-5,15-17H,6-13H2/t16-/m1/s1. The fourth-order valence-electron chi connectivity index (χ4n) is 3.55. The first kappa shape index (κ1) is 12.2. The Kier molecular flexibility index (Phi) is 3.96. The van der Waals surface area contributed by atoms with E-state index in [2.05, 4.69) is 40.5 Å². The van der Waals surface area contributed by atoms with Crippen LogP contribution in [0.5, 0.6) is 0 Å². The summed E-state index contributed by atoms with van der Waals surface area (Å²) in [6.07, 6.45) is 4.20. The number of benzene rings is 1. The Morgan fingerprint density at radius 2 is 1.78 bits per heavy atom. The van der Waals surface area contributed by atoms with Crippen LogP contribution >= 0.6 is 0 Å². The molecular weight excluding hydrogens is 220 g/mol. The van der Waals surface area contributed by atoms with Crippen molar-refractivity contribution in [2.75, 3.05) is 26.2 Å². The largest absolute Gasteiger partial charge is 0.317 e. The molecule has 2 fully saturated rings. The van der Waals surface area contributed by atoms with Crippen molar-refractivity contribution in [3.63, 3.8) is 0 Å². The van der Waals surface area contributed by atoms with Crippen molar-refractivity contribution in [3.05, 3.63) is 35.9 Å². The van der Waals surface area contributed by atoms with Crippen molar-refractivity contribution in [2.24, 2.45) is 11.8 Å². The van der Waals surface area contributed by atoms with E-state index in [1.165, 1.54) is 51.0 Å². The molecule has 0 amide bonds. The maximum atomic E-state index is 3.48. The lowest BCUT2D eigenvalue weighted by atomic mass is 9.84. The van der Waals surface area contributed by atoms with Gasteiger partial charge in [-0.15, -0.1) is 0 Å². The maximum absolute atomic E-state index is 3.48. The number of piperidine rings is 1. The van der Waals surface area contributed by atoms with E-state index >= 15 is 0 Å². The summed E-state index contributed by atoms with van der Waals surface area (Å²) in [4.78, 5) is 2.64. The summed E-state index contributed by atoms with van der Waals surface area (Å²) in [6, 6.07) is 10.9. The number of nitrogens with one attached hydrogen (secondary N) is 1. The fourth-order valence-corrected chi connectivity index (χ4v) is 3.55. The molecule has 1 aromatic carbocycles. The molecule has 2 saturated heterocycles. The van der Waals surface area contributed by atoms with Gasteiger partial charge in [0.15, 0.2) is 0 Å². The van der Waals surface area contributed by atoms with Gasteiger partial charge in [-0.1, -0.05) is 30.3 Å². The molecule has 0 unspecified atom stereocenters. The number of rotatable bonds is 3. The Morgan fingerprint density at radius 3 is 2.56 bits per heavy atom. The van der Waals surface area contributed by atoms with Crippen LogP contribution in [0.15, 0.2) is 30.3 Å². The second kappa shape index (κ2) is 5.85. The van der Waals surface area contributed by atoms with Crippen LogP contribution in [0.3, 0.4) is 0 Å². The van der Waals surface area contributed by atoms with Gasteiger partial charge >= 0.3 is 0 Å². The van der Waals surface area contributed by atoms with Crippen LogP contribution < -0.4 is 5.32 Å². The quantitative estimate of drug-likeness (QED) is 0.879. The van der Waals surface area contributed by atoms with Gasteiger partial charge < -0.3 is 5.32 Å². The zero-order chi connectivity index (χ0) is 12.2. The molecule has 0 radical (unpaired) electrons. The van der Waals surface area contributed by atoms with Gasteiger partial charge in [-0.2, -0.15) is 0 Å². The van der Waals surface area contributed by atoms with Crippen LogP contribution in [0.2, 0.25) is 0 Å². The molecule has 2 nitrogen and oxygen atoms in total. The third kappa shape index (κ3) is 2.93. The Hall–Kier alpha value is -0.860. The van der Waals surface area contributed by atoms with Gasteiger partial charge in [0.2, 0.25) is 0 Å². The maximum Gasteiger partial charge on any atom is 0.0233 e. The highest BCUT2D eigenvalue weighted by atomic mass is 15.1. The van der Waals surface area contributed by atoms with Gasteiger partial charge in [0.05, 0.1) is 0 Å². The molecule has 0 bridgehead atoms. The zero-order valence-corrected chi connectivity index (χ0v) is 11.1. The molecule has 0 aromatic heterocycles. The fraction of sp³-hybridized carbons (Fsp3) is 0.625. The van der Waals surface area contributed by atoms with Gasteiger partial charge in [-0.05, 0) is 56.3 Å². The summed E-state index contributed by atoms with van der Waals surface area (Å²) in [6.45, 7) is 6.23. The molecule has 0 aliphatic carbocycles. The summed E-state index contributed by atoms with van der Waals surface area (Å²) >= 11 is 0. The van der Waals surface area contributed by atoms with Crippen LogP contribution in [0, 0.1) is 11.8 Å². The van der Waals surface area contributed by atoms with Gasteiger partial charge in [0.1, 0.15) is 0 Å². The van der Waals surface area contributed by atoms with E-state index in [9.17, 15) is 0 Å². The lowest BCUT2D eigenvalue weighted by Crippen LogP contribution is -2.32. The second-order valence-corrected chi connectivity index (χ2v) is 5.86. The van der Waals surface area contributed by atoms with Crippen molar-refractivity contribution >= 4 is 0 Å². The van der Waals surface area contributed by atoms with Crippen molar-refractivity contribution < 1.29 is 0 Å². The molecule has 0 spiro atoms. The summed E-state index contributed by atoms with van der Waals surface area (Å²) in [7, 11) is 0. The molecule has 1 atom stereocenters. The van der Waals surface area contributed by atoms with Crippen LogP contribution in [-0.2, 0) is 6.54 Å². The molecule has 3 rings (SSSR count). The molecule has 1 aromatic rings. The normalized spacial score (nSPS) is 26.6.